The molecule has 23 heavy (non-hydrogen) atoms. The first-order chi connectivity index (χ1) is 11.0. The summed E-state index contributed by atoms with van der Waals surface area (Å²) in [6.45, 7) is 1.84. The van der Waals surface area contributed by atoms with Gasteiger partial charge in [0.05, 0.1) is 16.7 Å². The van der Waals surface area contributed by atoms with Gasteiger partial charge in [-0.05, 0) is 36.2 Å². The third kappa shape index (κ3) is 2.81. The Balaban J connectivity index is 2.31. The number of aromatic hydroxyl groups is 3. The molecular formula is C19H14O4. The zero-order valence-corrected chi connectivity index (χ0v) is 12.4. The van der Waals surface area contributed by atoms with Crippen molar-refractivity contribution >= 4 is 0 Å². The third-order valence-electron chi connectivity index (χ3n) is 3.59. The van der Waals surface area contributed by atoms with Gasteiger partial charge in [0.15, 0.2) is 0 Å². The lowest BCUT2D eigenvalue weighted by Gasteiger charge is -2.11. The van der Waals surface area contributed by atoms with E-state index in [2.05, 4.69) is 23.7 Å². The summed E-state index contributed by atoms with van der Waals surface area (Å²) in [7, 11) is 0. The molecule has 0 saturated heterocycles. The maximum atomic E-state index is 10.1. The second-order valence-corrected chi connectivity index (χ2v) is 5.41. The van der Waals surface area contributed by atoms with Gasteiger partial charge in [-0.3, -0.25) is 0 Å². The molecule has 0 amide bonds. The standard InChI is InChI=1S/C19H14O4/c1-11-8-12-10-13(20)2-3-15-16(18(22)7-6-17(15)21)5-4-14(12)19(23)9-11/h6-9,13,20-23H,10H2,1H3. The fourth-order valence-electron chi connectivity index (χ4n) is 2.52. The largest absolute Gasteiger partial charge is 0.507 e. The van der Waals surface area contributed by atoms with Crippen LogP contribution in [0.4, 0.5) is 0 Å². The van der Waals surface area contributed by atoms with Crippen LogP contribution in [0.1, 0.15) is 27.8 Å². The first-order valence-electron chi connectivity index (χ1n) is 7.04. The molecule has 1 unspecified atom stereocenters. The number of phenols is 3. The Morgan fingerprint density at radius 1 is 0.870 bits per heavy atom. The number of aryl methyl sites for hydroxylation is 1. The van der Waals surface area contributed by atoms with Crippen LogP contribution < -0.4 is 0 Å². The van der Waals surface area contributed by atoms with Gasteiger partial charge in [0.2, 0.25) is 0 Å². The van der Waals surface area contributed by atoms with Crippen LogP contribution in [0.3, 0.4) is 0 Å². The number of aliphatic hydroxyl groups is 1. The molecular weight excluding hydrogens is 292 g/mol. The molecule has 0 bridgehead atoms. The van der Waals surface area contributed by atoms with E-state index in [1.165, 1.54) is 12.1 Å². The normalized spacial score (nSPS) is 15.3. The van der Waals surface area contributed by atoms with E-state index >= 15 is 0 Å². The Bertz CT molecular complexity index is 920. The Morgan fingerprint density at radius 3 is 2.17 bits per heavy atom. The Hall–Kier alpha value is -3.08. The number of benzene rings is 2. The van der Waals surface area contributed by atoms with E-state index in [-0.39, 0.29) is 34.8 Å². The van der Waals surface area contributed by atoms with Crippen LogP contribution in [-0.2, 0) is 6.42 Å². The van der Waals surface area contributed by atoms with E-state index in [9.17, 15) is 20.4 Å². The second-order valence-electron chi connectivity index (χ2n) is 5.41. The summed E-state index contributed by atoms with van der Waals surface area (Å²) in [6.07, 6.45) is -0.773. The zero-order chi connectivity index (χ0) is 16.6. The van der Waals surface area contributed by atoms with Crippen molar-refractivity contribution in [3.05, 3.63) is 52.1 Å². The number of aliphatic hydroxyl groups excluding tert-OH is 1. The summed E-state index contributed by atoms with van der Waals surface area (Å²) >= 11 is 0. The third-order valence-corrected chi connectivity index (χ3v) is 3.59. The van der Waals surface area contributed by atoms with Crippen molar-refractivity contribution in [1.82, 2.24) is 0 Å². The molecule has 2 aromatic rings. The monoisotopic (exact) mass is 306 g/mol. The number of hydrogen-bond acceptors (Lipinski definition) is 4. The summed E-state index contributed by atoms with van der Waals surface area (Å²) in [6, 6.07) is 6.06. The molecule has 0 spiro atoms. The zero-order valence-electron chi connectivity index (χ0n) is 12.4. The lowest BCUT2D eigenvalue weighted by atomic mass is 9.96. The topological polar surface area (TPSA) is 80.9 Å². The van der Waals surface area contributed by atoms with Crippen LogP contribution >= 0.6 is 0 Å². The van der Waals surface area contributed by atoms with Crippen molar-refractivity contribution in [1.29, 1.82) is 0 Å². The lowest BCUT2D eigenvalue weighted by molar-refractivity contribution is 0.233. The molecule has 3 rings (SSSR count). The highest BCUT2D eigenvalue weighted by Crippen LogP contribution is 2.29. The van der Waals surface area contributed by atoms with E-state index in [4.69, 9.17) is 0 Å². The van der Waals surface area contributed by atoms with Gasteiger partial charge in [-0.25, -0.2) is 0 Å². The molecule has 0 heterocycles. The predicted molar refractivity (Wildman–Crippen MR) is 85.2 cm³/mol. The van der Waals surface area contributed by atoms with Crippen molar-refractivity contribution in [3.8, 4) is 40.9 Å². The lowest BCUT2D eigenvalue weighted by Crippen LogP contribution is -2.09. The summed E-state index contributed by atoms with van der Waals surface area (Å²) in [5, 5.41) is 40.1. The van der Waals surface area contributed by atoms with Crippen LogP contribution in [0.2, 0.25) is 0 Å². The Labute approximate surface area is 133 Å². The molecule has 4 nitrogen and oxygen atoms in total. The SMILES string of the molecule is Cc1cc(O)c2c(c1)CC(O)C#Cc1c(O)ccc(O)c1C#C2. The van der Waals surface area contributed by atoms with Crippen LogP contribution in [-0.4, -0.2) is 26.5 Å². The second kappa shape index (κ2) is 5.61. The van der Waals surface area contributed by atoms with Crippen LogP contribution in [0.5, 0.6) is 17.2 Å². The van der Waals surface area contributed by atoms with Crippen molar-refractivity contribution in [2.75, 3.05) is 0 Å². The minimum Gasteiger partial charge on any atom is -0.507 e. The van der Waals surface area contributed by atoms with E-state index in [1.54, 1.807) is 6.07 Å². The molecule has 0 aliphatic heterocycles. The highest BCUT2D eigenvalue weighted by Gasteiger charge is 2.14. The molecule has 1 aliphatic rings. The first-order valence-corrected chi connectivity index (χ1v) is 7.04. The van der Waals surface area contributed by atoms with E-state index < -0.39 is 6.10 Å². The molecule has 114 valence electrons. The average molecular weight is 306 g/mol. The molecule has 0 saturated carbocycles. The maximum absolute atomic E-state index is 10.1. The minimum absolute atomic E-state index is 0.00873. The van der Waals surface area contributed by atoms with Gasteiger partial charge in [0.25, 0.3) is 0 Å². The molecule has 1 atom stereocenters. The van der Waals surface area contributed by atoms with Gasteiger partial charge in [-0.2, -0.15) is 0 Å². The van der Waals surface area contributed by atoms with Crippen LogP contribution in [0.25, 0.3) is 0 Å². The van der Waals surface area contributed by atoms with Crippen molar-refractivity contribution in [3.63, 3.8) is 0 Å². The highest BCUT2D eigenvalue weighted by molar-refractivity contribution is 5.65. The fraction of sp³-hybridized carbons (Fsp3) is 0.158. The number of rotatable bonds is 0. The van der Waals surface area contributed by atoms with Gasteiger partial charge in [-0.1, -0.05) is 29.7 Å². The maximum Gasteiger partial charge on any atom is 0.132 e. The van der Waals surface area contributed by atoms with E-state index in [0.29, 0.717) is 11.1 Å². The predicted octanol–water partition coefficient (Wildman–Crippen LogP) is 1.78. The Kier molecular flexibility index (Phi) is 3.62. The molecule has 0 fully saturated rings. The van der Waals surface area contributed by atoms with Crippen molar-refractivity contribution in [2.24, 2.45) is 0 Å². The molecule has 1 aliphatic carbocycles. The minimum atomic E-state index is -0.982. The number of phenolic OH excluding ortho intramolecular Hbond substituents is 3. The molecule has 2 aromatic carbocycles. The highest BCUT2D eigenvalue weighted by atomic mass is 16.3. The summed E-state index contributed by atoms with van der Waals surface area (Å²) in [5.41, 5.74) is 2.23. The van der Waals surface area contributed by atoms with Gasteiger partial charge in [0.1, 0.15) is 23.4 Å². The van der Waals surface area contributed by atoms with Crippen LogP contribution in [0.15, 0.2) is 24.3 Å². The smallest absolute Gasteiger partial charge is 0.132 e. The number of fused-ring (bicyclic) bond motifs is 2. The van der Waals surface area contributed by atoms with E-state index in [0.717, 1.165) is 5.56 Å². The molecule has 4 heteroatoms. The molecule has 4 N–H and O–H groups in total. The van der Waals surface area contributed by atoms with Gasteiger partial charge in [-0.15, -0.1) is 0 Å². The molecule has 0 radical (unpaired) electrons. The van der Waals surface area contributed by atoms with Crippen molar-refractivity contribution in [2.45, 2.75) is 19.4 Å². The Morgan fingerprint density at radius 2 is 1.48 bits per heavy atom. The van der Waals surface area contributed by atoms with Gasteiger partial charge >= 0.3 is 0 Å². The van der Waals surface area contributed by atoms with Gasteiger partial charge in [0, 0.05) is 6.42 Å². The summed E-state index contributed by atoms with van der Waals surface area (Å²) in [4.78, 5) is 0. The van der Waals surface area contributed by atoms with Crippen LogP contribution in [0, 0.1) is 30.6 Å². The van der Waals surface area contributed by atoms with Gasteiger partial charge < -0.3 is 20.4 Å². The quantitative estimate of drug-likeness (QED) is 0.442. The summed E-state index contributed by atoms with van der Waals surface area (Å²) in [5.74, 6) is 10.7. The van der Waals surface area contributed by atoms with E-state index in [1.807, 2.05) is 13.0 Å². The summed E-state index contributed by atoms with van der Waals surface area (Å²) < 4.78 is 0. The fourth-order valence-corrected chi connectivity index (χ4v) is 2.52. The number of hydrogen-bond donors (Lipinski definition) is 4. The first kappa shape index (κ1) is 14.8. The average Bonchev–Trinajstić information content (AvgIpc) is 2.48. The molecule has 0 aromatic heterocycles. The van der Waals surface area contributed by atoms with Crippen molar-refractivity contribution < 1.29 is 20.4 Å².